The van der Waals surface area contributed by atoms with E-state index in [1.54, 1.807) is 18.6 Å². The van der Waals surface area contributed by atoms with Crippen LogP contribution in [0.5, 0.6) is 0 Å². The number of benzene rings is 2. The summed E-state index contributed by atoms with van der Waals surface area (Å²) >= 11 is 0. The zero-order valence-corrected chi connectivity index (χ0v) is 11.7. The Morgan fingerprint density at radius 2 is 1.67 bits per heavy atom. The molecule has 0 aliphatic carbocycles. The van der Waals surface area contributed by atoms with Gasteiger partial charge in [-0.25, -0.2) is 0 Å². The van der Waals surface area contributed by atoms with E-state index in [0.29, 0.717) is 0 Å². The van der Waals surface area contributed by atoms with E-state index < -0.39 is 0 Å². The molecule has 0 atom stereocenters. The second kappa shape index (κ2) is 6.66. The monoisotopic (exact) mass is 275 g/mol. The molecule has 0 bridgehead atoms. The van der Waals surface area contributed by atoms with Gasteiger partial charge in [-0.15, -0.1) is 0 Å². The lowest BCUT2D eigenvalue weighted by atomic mass is 10.1. The predicted molar refractivity (Wildman–Crippen MR) is 86.1 cm³/mol. The van der Waals surface area contributed by atoms with Crippen molar-refractivity contribution in [1.82, 2.24) is 9.97 Å². The van der Waals surface area contributed by atoms with Crippen LogP contribution in [-0.2, 0) is 6.42 Å². The number of aromatic nitrogens is 2. The van der Waals surface area contributed by atoms with Crippen molar-refractivity contribution in [1.29, 1.82) is 0 Å². The third-order valence-electron chi connectivity index (χ3n) is 3.33. The van der Waals surface area contributed by atoms with Gasteiger partial charge in [-0.2, -0.15) is 0 Å². The maximum atomic E-state index is 4.30. The van der Waals surface area contributed by atoms with Gasteiger partial charge in [-0.3, -0.25) is 9.97 Å². The summed E-state index contributed by atoms with van der Waals surface area (Å²) in [6, 6.07) is 18.8. The average Bonchev–Trinajstić information content (AvgIpc) is 2.57. The Morgan fingerprint density at radius 1 is 0.857 bits per heavy atom. The molecular formula is C18H17N3. The zero-order valence-electron chi connectivity index (χ0n) is 11.7. The van der Waals surface area contributed by atoms with Gasteiger partial charge in [0.25, 0.3) is 0 Å². The van der Waals surface area contributed by atoms with Crippen LogP contribution in [0.25, 0.3) is 11.3 Å². The van der Waals surface area contributed by atoms with Crippen LogP contribution >= 0.6 is 0 Å². The Balaban J connectivity index is 1.58. The molecule has 0 spiro atoms. The van der Waals surface area contributed by atoms with Crippen LogP contribution in [0, 0.1) is 0 Å². The first-order valence-electron chi connectivity index (χ1n) is 7.06. The molecule has 0 aliphatic rings. The predicted octanol–water partition coefficient (Wildman–Crippen LogP) is 3.80. The fourth-order valence-corrected chi connectivity index (χ4v) is 2.20. The smallest absolute Gasteiger partial charge is 0.0885 e. The molecule has 0 saturated heterocycles. The lowest BCUT2D eigenvalue weighted by Gasteiger charge is -2.07. The van der Waals surface area contributed by atoms with Crippen LogP contribution < -0.4 is 5.32 Å². The second-order valence-electron chi connectivity index (χ2n) is 4.83. The highest BCUT2D eigenvalue weighted by Gasteiger charge is 1.99. The van der Waals surface area contributed by atoms with Crippen LogP contribution in [0.1, 0.15) is 5.56 Å². The number of hydrogen-bond donors (Lipinski definition) is 1. The Hall–Kier alpha value is -2.68. The summed E-state index contributed by atoms with van der Waals surface area (Å²) in [5.41, 5.74) is 4.45. The zero-order chi connectivity index (χ0) is 14.3. The minimum Gasteiger partial charge on any atom is -0.385 e. The summed E-state index contributed by atoms with van der Waals surface area (Å²) < 4.78 is 0. The summed E-state index contributed by atoms with van der Waals surface area (Å²) in [5, 5.41) is 3.44. The number of nitrogens with one attached hydrogen (secondary N) is 1. The first-order valence-corrected chi connectivity index (χ1v) is 7.06. The number of hydrogen-bond acceptors (Lipinski definition) is 3. The summed E-state index contributed by atoms with van der Waals surface area (Å²) in [7, 11) is 0. The Bertz CT molecular complexity index is 664. The van der Waals surface area contributed by atoms with Crippen molar-refractivity contribution in [2.75, 3.05) is 11.9 Å². The van der Waals surface area contributed by atoms with Gasteiger partial charge in [0.2, 0.25) is 0 Å². The van der Waals surface area contributed by atoms with Gasteiger partial charge in [0.1, 0.15) is 0 Å². The average molecular weight is 275 g/mol. The van der Waals surface area contributed by atoms with Crippen LogP contribution in [0.4, 0.5) is 5.69 Å². The summed E-state index contributed by atoms with van der Waals surface area (Å²) in [6.07, 6.45) is 6.19. The van der Waals surface area contributed by atoms with Crippen molar-refractivity contribution in [3.8, 4) is 11.3 Å². The van der Waals surface area contributed by atoms with Crippen molar-refractivity contribution >= 4 is 5.69 Å². The molecule has 1 N–H and O–H groups in total. The van der Waals surface area contributed by atoms with E-state index in [0.717, 1.165) is 29.9 Å². The fraction of sp³-hybridized carbons (Fsp3) is 0.111. The van der Waals surface area contributed by atoms with Crippen LogP contribution in [0.15, 0.2) is 73.2 Å². The molecule has 2 aromatic carbocycles. The quantitative estimate of drug-likeness (QED) is 0.769. The lowest BCUT2D eigenvalue weighted by Crippen LogP contribution is -2.04. The van der Waals surface area contributed by atoms with E-state index in [2.05, 4.69) is 63.8 Å². The molecule has 21 heavy (non-hydrogen) atoms. The SMILES string of the molecule is c1ccc(CCNc2ccc(-c3cnccn3)cc2)cc1. The molecule has 0 aliphatic heterocycles. The van der Waals surface area contributed by atoms with E-state index >= 15 is 0 Å². The summed E-state index contributed by atoms with van der Waals surface area (Å²) in [4.78, 5) is 8.39. The third-order valence-corrected chi connectivity index (χ3v) is 3.33. The molecule has 3 rings (SSSR count). The van der Waals surface area contributed by atoms with Crippen molar-refractivity contribution in [3.05, 3.63) is 78.8 Å². The van der Waals surface area contributed by atoms with Crippen molar-refractivity contribution < 1.29 is 0 Å². The first kappa shape index (κ1) is 13.3. The van der Waals surface area contributed by atoms with Gasteiger partial charge in [-0.05, 0) is 24.1 Å². The molecule has 0 saturated carbocycles. The van der Waals surface area contributed by atoms with E-state index in [-0.39, 0.29) is 0 Å². The molecule has 104 valence electrons. The topological polar surface area (TPSA) is 37.8 Å². The highest BCUT2D eigenvalue weighted by molar-refractivity contribution is 5.61. The van der Waals surface area contributed by atoms with Crippen LogP contribution in [-0.4, -0.2) is 16.5 Å². The van der Waals surface area contributed by atoms with Gasteiger partial charge in [0.15, 0.2) is 0 Å². The lowest BCUT2D eigenvalue weighted by molar-refractivity contribution is 1.02. The molecule has 0 fully saturated rings. The minimum absolute atomic E-state index is 0.897. The maximum absolute atomic E-state index is 4.30. The van der Waals surface area contributed by atoms with Crippen molar-refractivity contribution in [3.63, 3.8) is 0 Å². The molecular weight excluding hydrogens is 258 g/mol. The standard InChI is InChI=1S/C18H17N3/c1-2-4-15(5-3-1)10-11-20-17-8-6-16(7-9-17)18-14-19-12-13-21-18/h1-9,12-14,20H,10-11H2. The molecule has 3 nitrogen and oxygen atoms in total. The Kier molecular flexibility index (Phi) is 4.22. The summed E-state index contributed by atoms with van der Waals surface area (Å²) in [6.45, 7) is 0.925. The van der Waals surface area contributed by atoms with Gasteiger partial charge in [-0.1, -0.05) is 42.5 Å². The van der Waals surface area contributed by atoms with Gasteiger partial charge >= 0.3 is 0 Å². The number of rotatable bonds is 5. The molecule has 3 aromatic rings. The molecule has 0 amide bonds. The second-order valence-corrected chi connectivity index (χ2v) is 4.83. The highest BCUT2D eigenvalue weighted by Crippen LogP contribution is 2.18. The van der Waals surface area contributed by atoms with E-state index in [4.69, 9.17) is 0 Å². The first-order chi connectivity index (χ1) is 10.4. The van der Waals surface area contributed by atoms with E-state index in [9.17, 15) is 0 Å². The highest BCUT2D eigenvalue weighted by atomic mass is 14.9. The van der Waals surface area contributed by atoms with Gasteiger partial charge < -0.3 is 5.32 Å². The van der Waals surface area contributed by atoms with E-state index in [1.165, 1.54) is 5.56 Å². The normalized spacial score (nSPS) is 10.3. The maximum Gasteiger partial charge on any atom is 0.0885 e. The molecule has 0 unspecified atom stereocenters. The van der Waals surface area contributed by atoms with Gasteiger partial charge in [0, 0.05) is 30.2 Å². The largest absolute Gasteiger partial charge is 0.385 e. The van der Waals surface area contributed by atoms with Gasteiger partial charge in [0.05, 0.1) is 11.9 Å². The van der Waals surface area contributed by atoms with Crippen molar-refractivity contribution in [2.24, 2.45) is 0 Å². The fourth-order valence-electron chi connectivity index (χ4n) is 2.20. The molecule has 3 heteroatoms. The molecule has 1 heterocycles. The number of anilines is 1. The summed E-state index contributed by atoms with van der Waals surface area (Å²) in [5.74, 6) is 0. The third kappa shape index (κ3) is 3.66. The number of nitrogens with zero attached hydrogens (tertiary/aromatic N) is 2. The Morgan fingerprint density at radius 3 is 2.38 bits per heavy atom. The van der Waals surface area contributed by atoms with E-state index in [1.807, 2.05) is 6.07 Å². The van der Waals surface area contributed by atoms with Crippen LogP contribution in [0.2, 0.25) is 0 Å². The molecule has 1 aromatic heterocycles. The van der Waals surface area contributed by atoms with Crippen LogP contribution in [0.3, 0.4) is 0 Å². The Labute approximate surface area is 124 Å². The minimum atomic E-state index is 0.897. The molecule has 0 radical (unpaired) electrons. The van der Waals surface area contributed by atoms with Crippen molar-refractivity contribution in [2.45, 2.75) is 6.42 Å².